The van der Waals surface area contributed by atoms with Gasteiger partial charge in [-0.25, -0.2) is 9.18 Å². The van der Waals surface area contributed by atoms with Crippen LogP contribution in [0.15, 0.2) is 59.8 Å². The van der Waals surface area contributed by atoms with Crippen molar-refractivity contribution in [1.29, 1.82) is 0 Å². The van der Waals surface area contributed by atoms with Crippen molar-refractivity contribution in [3.8, 4) is 0 Å². The molecule has 1 aliphatic rings. The second-order valence-electron chi connectivity index (χ2n) is 7.31. The summed E-state index contributed by atoms with van der Waals surface area (Å²) in [6.07, 6.45) is 0. The van der Waals surface area contributed by atoms with Crippen LogP contribution in [0.2, 0.25) is 0 Å². The molecule has 0 radical (unpaired) electrons. The summed E-state index contributed by atoms with van der Waals surface area (Å²) in [4.78, 5) is 27.1. The number of benzene rings is 2. The first-order chi connectivity index (χ1) is 15.9. The first kappa shape index (κ1) is 24.3. The van der Waals surface area contributed by atoms with Crippen molar-refractivity contribution in [3.05, 3.63) is 76.7 Å². The number of carbonyl (C=O) groups excluding carboxylic acids is 2. The molecule has 1 amide bonds. The summed E-state index contributed by atoms with van der Waals surface area (Å²) in [7, 11) is 1.53. The number of carbonyl (C=O) groups is 2. The van der Waals surface area contributed by atoms with Gasteiger partial charge in [0.05, 0.1) is 23.8 Å². The highest BCUT2D eigenvalue weighted by Crippen LogP contribution is 2.32. The van der Waals surface area contributed by atoms with Crippen LogP contribution < -0.4 is 10.6 Å². The van der Waals surface area contributed by atoms with Crippen molar-refractivity contribution >= 4 is 34.9 Å². The normalized spacial score (nSPS) is 15.8. The van der Waals surface area contributed by atoms with Gasteiger partial charge in [-0.15, -0.1) is 0 Å². The molecule has 0 aromatic heterocycles. The Morgan fingerprint density at radius 2 is 1.85 bits per heavy atom. The maximum Gasteiger partial charge on any atom is 0.338 e. The zero-order valence-corrected chi connectivity index (χ0v) is 19.5. The molecule has 1 atom stereocenters. The van der Waals surface area contributed by atoms with Gasteiger partial charge in [0, 0.05) is 25.0 Å². The Labute approximate surface area is 197 Å². The molecular formula is C24H26FN3O4S. The predicted molar refractivity (Wildman–Crippen MR) is 127 cm³/mol. The van der Waals surface area contributed by atoms with E-state index >= 15 is 0 Å². The minimum absolute atomic E-state index is 0.0415. The fourth-order valence-corrected chi connectivity index (χ4v) is 3.96. The average Bonchev–Trinajstić information content (AvgIpc) is 2.79. The van der Waals surface area contributed by atoms with Crippen LogP contribution >= 0.6 is 12.2 Å². The lowest BCUT2D eigenvalue weighted by Crippen LogP contribution is -2.47. The summed E-state index contributed by atoms with van der Waals surface area (Å²) < 4.78 is 24.2. The Balaban J connectivity index is 1.84. The Kier molecular flexibility index (Phi) is 8.13. The van der Waals surface area contributed by atoms with Crippen molar-refractivity contribution in [2.75, 3.05) is 32.2 Å². The summed E-state index contributed by atoms with van der Waals surface area (Å²) in [5, 5.41) is 6.39. The summed E-state index contributed by atoms with van der Waals surface area (Å²) in [6, 6.07) is 12.2. The van der Waals surface area contributed by atoms with E-state index in [2.05, 4.69) is 10.6 Å². The molecule has 0 spiro atoms. The van der Waals surface area contributed by atoms with Gasteiger partial charge in [0.1, 0.15) is 12.4 Å². The van der Waals surface area contributed by atoms with Crippen LogP contribution in [0.4, 0.5) is 10.1 Å². The minimum atomic E-state index is -0.593. The van der Waals surface area contributed by atoms with E-state index < -0.39 is 23.7 Å². The lowest BCUT2D eigenvalue weighted by atomic mass is 9.95. The summed E-state index contributed by atoms with van der Waals surface area (Å²) in [5.41, 5.74) is 2.37. The molecule has 174 valence electrons. The van der Waals surface area contributed by atoms with Gasteiger partial charge in [-0.1, -0.05) is 24.3 Å². The number of allylic oxidation sites excluding steroid dienone is 1. The summed E-state index contributed by atoms with van der Waals surface area (Å²) in [6.45, 7) is 4.80. The topological polar surface area (TPSA) is 79.9 Å². The van der Waals surface area contributed by atoms with Crippen molar-refractivity contribution in [1.82, 2.24) is 10.2 Å². The lowest BCUT2D eigenvalue weighted by molar-refractivity contribution is -0.140. The van der Waals surface area contributed by atoms with E-state index in [9.17, 15) is 14.0 Å². The Morgan fingerprint density at radius 1 is 1.15 bits per heavy atom. The van der Waals surface area contributed by atoms with Gasteiger partial charge in [0.2, 0.25) is 0 Å². The maximum absolute atomic E-state index is 13.9. The molecule has 0 saturated carbocycles. The molecule has 1 heterocycles. The predicted octanol–water partition coefficient (Wildman–Crippen LogP) is 3.79. The quantitative estimate of drug-likeness (QED) is 0.344. The molecule has 9 heteroatoms. The number of methoxy groups -OCH3 is 1. The van der Waals surface area contributed by atoms with Crippen molar-refractivity contribution < 1.29 is 23.5 Å². The molecule has 0 fully saturated rings. The molecule has 1 unspecified atom stereocenters. The standard InChI is InChI=1S/C24H26FN3O4S/c1-4-28-15(2)20(23(30)32-14-13-31-3)21(27-24(28)33)16-9-11-17(12-10-16)26-22(29)18-7-5-6-8-19(18)25/h5-12,21H,4,13-14H2,1-3H3,(H,26,29)(H,27,33). The molecule has 2 aromatic carbocycles. The van der Waals surface area contributed by atoms with Gasteiger partial charge in [-0.05, 0) is 55.9 Å². The highest BCUT2D eigenvalue weighted by molar-refractivity contribution is 7.80. The molecular weight excluding hydrogens is 445 g/mol. The van der Waals surface area contributed by atoms with Gasteiger partial charge < -0.3 is 25.0 Å². The van der Waals surface area contributed by atoms with E-state index in [0.717, 1.165) is 5.56 Å². The van der Waals surface area contributed by atoms with E-state index in [1.807, 2.05) is 18.7 Å². The van der Waals surface area contributed by atoms with Crippen molar-refractivity contribution in [3.63, 3.8) is 0 Å². The van der Waals surface area contributed by atoms with Gasteiger partial charge in [-0.3, -0.25) is 4.79 Å². The molecule has 2 aromatic rings. The third kappa shape index (κ3) is 5.55. The molecule has 3 rings (SSSR count). The van der Waals surface area contributed by atoms with Crippen LogP contribution in [-0.2, 0) is 14.3 Å². The molecule has 33 heavy (non-hydrogen) atoms. The number of amides is 1. The number of halogens is 1. The first-order valence-corrected chi connectivity index (χ1v) is 10.9. The zero-order valence-electron chi connectivity index (χ0n) is 18.7. The molecule has 1 aliphatic heterocycles. The van der Waals surface area contributed by atoms with E-state index in [1.165, 1.54) is 25.3 Å². The number of esters is 1. The van der Waals surface area contributed by atoms with Crippen LogP contribution in [0, 0.1) is 5.82 Å². The van der Waals surface area contributed by atoms with Crippen LogP contribution in [-0.4, -0.2) is 48.8 Å². The SMILES string of the molecule is CCN1C(=S)NC(c2ccc(NC(=O)c3ccccc3F)cc2)C(C(=O)OCCOC)=C1C. The monoisotopic (exact) mass is 471 g/mol. The van der Waals surface area contributed by atoms with E-state index in [0.29, 0.717) is 35.2 Å². The van der Waals surface area contributed by atoms with E-state index in [4.69, 9.17) is 21.7 Å². The van der Waals surface area contributed by atoms with Crippen LogP contribution in [0.3, 0.4) is 0 Å². The number of hydrogen-bond donors (Lipinski definition) is 2. The average molecular weight is 472 g/mol. The number of nitrogens with zero attached hydrogens (tertiary/aromatic N) is 1. The number of ether oxygens (including phenoxy) is 2. The molecule has 0 aliphatic carbocycles. The highest BCUT2D eigenvalue weighted by atomic mass is 32.1. The van der Waals surface area contributed by atoms with Gasteiger partial charge in [0.25, 0.3) is 5.91 Å². The second-order valence-corrected chi connectivity index (χ2v) is 7.70. The molecule has 0 bridgehead atoms. The first-order valence-electron chi connectivity index (χ1n) is 10.5. The molecule has 7 nitrogen and oxygen atoms in total. The van der Waals surface area contributed by atoms with E-state index in [1.54, 1.807) is 30.3 Å². The third-order valence-electron chi connectivity index (χ3n) is 5.27. The van der Waals surface area contributed by atoms with E-state index in [-0.39, 0.29) is 12.2 Å². The van der Waals surface area contributed by atoms with Crippen molar-refractivity contribution in [2.24, 2.45) is 0 Å². The second kappa shape index (κ2) is 11.0. The number of hydrogen-bond acceptors (Lipinski definition) is 5. The number of thiocarbonyl (C=S) groups is 1. The minimum Gasteiger partial charge on any atom is -0.460 e. The fourth-order valence-electron chi connectivity index (χ4n) is 3.57. The smallest absolute Gasteiger partial charge is 0.338 e. The Hall–Kier alpha value is -3.30. The third-order valence-corrected chi connectivity index (χ3v) is 5.61. The van der Waals surface area contributed by atoms with Crippen LogP contribution in [0.1, 0.15) is 35.8 Å². The highest BCUT2D eigenvalue weighted by Gasteiger charge is 2.34. The van der Waals surface area contributed by atoms with Crippen molar-refractivity contribution in [2.45, 2.75) is 19.9 Å². The fraction of sp³-hybridized carbons (Fsp3) is 0.292. The Bertz CT molecular complexity index is 1070. The zero-order chi connectivity index (χ0) is 24.0. The van der Waals surface area contributed by atoms with Crippen LogP contribution in [0.5, 0.6) is 0 Å². The molecule has 0 saturated heterocycles. The number of rotatable bonds is 8. The van der Waals surface area contributed by atoms with Gasteiger partial charge >= 0.3 is 5.97 Å². The van der Waals surface area contributed by atoms with Gasteiger partial charge in [-0.2, -0.15) is 0 Å². The molecule has 2 N–H and O–H groups in total. The number of anilines is 1. The summed E-state index contributed by atoms with van der Waals surface area (Å²) >= 11 is 5.49. The lowest BCUT2D eigenvalue weighted by Gasteiger charge is -2.37. The maximum atomic E-state index is 13.9. The largest absolute Gasteiger partial charge is 0.460 e. The van der Waals surface area contributed by atoms with Gasteiger partial charge in [0.15, 0.2) is 5.11 Å². The summed E-state index contributed by atoms with van der Waals surface area (Å²) in [5.74, 6) is -1.60. The Morgan fingerprint density at radius 3 is 2.48 bits per heavy atom. The van der Waals surface area contributed by atoms with Crippen LogP contribution in [0.25, 0.3) is 0 Å². The number of nitrogens with one attached hydrogen (secondary N) is 2.